The van der Waals surface area contributed by atoms with Crippen molar-refractivity contribution >= 4 is 11.4 Å². The molecule has 1 saturated carbocycles. The first-order chi connectivity index (χ1) is 10.4. The Bertz CT molecular complexity index is 661. The average molecular weight is 307 g/mol. The Morgan fingerprint density at radius 2 is 2.09 bits per heavy atom. The van der Waals surface area contributed by atoms with Crippen molar-refractivity contribution in [2.75, 3.05) is 0 Å². The fourth-order valence-electron chi connectivity index (χ4n) is 3.63. The molecule has 2 heterocycles. The van der Waals surface area contributed by atoms with E-state index in [9.17, 15) is 15.6 Å². The Hall–Kier alpha value is -1.86. The van der Waals surface area contributed by atoms with Crippen molar-refractivity contribution in [3.8, 4) is 0 Å². The Kier molecular flexibility index (Phi) is 3.30. The molecular weight excluding hydrogens is 286 g/mol. The summed E-state index contributed by atoms with van der Waals surface area (Å²) in [5, 5.41) is 37.6. The molecule has 0 bridgehead atoms. The molecule has 1 atom stereocenters. The van der Waals surface area contributed by atoms with E-state index in [1.807, 2.05) is 0 Å². The van der Waals surface area contributed by atoms with Gasteiger partial charge in [-0.3, -0.25) is 0 Å². The van der Waals surface area contributed by atoms with Gasteiger partial charge in [0.1, 0.15) is 17.0 Å². The van der Waals surface area contributed by atoms with Gasteiger partial charge >= 0.3 is 0 Å². The van der Waals surface area contributed by atoms with E-state index < -0.39 is 11.2 Å². The maximum absolute atomic E-state index is 13.1. The number of aryl methyl sites for hydroxylation is 1. The van der Waals surface area contributed by atoms with Crippen molar-refractivity contribution in [1.29, 1.82) is 0 Å². The van der Waals surface area contributed by atoms with Crippen LogP contribution in [0, 0.1) is 12.1 Å². The zero-order valence-electron chi connectivity index (χ0n) is 13.0. The summed E-state index contributed by atoms with van der Waals surface area (Å²) in [7, 11) is 0. The molecule has 0 aromatic carbocycles. The minimum atomic E-state index is -1.35. The largest absolute Gasteiger partial charge is 0.622 e. The van der Waals surface area contributed by atoms with Gasteiger partial charge in [0.25, 0.3) is 11.4 Å². The van der Waals surface area contributed by atoms with Gasteiger partial charge < -0.3 is 20.0 Å². The lowest BCUT2D eigenvalue weighted by Crippen LogP contribution is -2.60. The minimum Gasteiger partial charge on any atom is -0.622 e. The van der Waals surface area contributed by atoms with E-state index in [4.69, 9.17) is 4.42 Å². The van der Waals surface area contributed by atoms with Crippen LogP contribution in [0.25, 0.3) is 0 Å². The molecule has 22 heavy (non-hydrogen) atoms. The van der Waals surface area contributed by atoms with Crippen LogP contribution in [0.1, 0.15) is 51.1 Å². The molecule has 7 nitrogen and oxygen atoms in total. The number of nitrogens with zero attached hydrogens (tertiary/aromatic N) is 3. The minimum absolute atomic E-state index is 0.294. The van der Waals surface area contributed by atoms with Crippen LogP contribution in [-0.4, -0.2) is 42.8 Å². The maximum Gasteiger partial charge on any atom is 0.294 e. The second-order valence-electron chi connectivity index (χ2n) is 6.49. The summed E-state index contributed by atoms with van der Waals surface area (Å²) < 4.78 is 6.37. The van der Waals surface area contributed by atoms with Crippen molar-refractivity contribution in [3.63, 3.8) is 0 Å². The molecule has 0 radical (unpaired) electrons. The van der Waals surface area contributed by atoms with E-state index in [1.54, 1.807) is 32.9 Å². The average Bonchev–Trinajstić information content (AvgIpc) is 2.96. The van der Waals surface area contributed by atoms with Crippen molar-refractivity contribution < 1.29 is 19.6 Å². The van der Waals surface area contributed by atoms with Crippen molar-refractivity contribution in [3.05, 3.63) is 28.9 Å². The van der Waals surface area contributed by atoms with Crippen LogP contribution >= 0.6 is 0 Å². The van der Waals surface area contributed by atoms with E-state index in [2.05, 4.69) is 5.16 Å². The first kappa shape index (κ1) is 15.1. The Morgan fingerprint density at radius 3 is 2.68 bits per heavy atom. The number of hydrogen-bond acceptors (Lipinski definition) is 6. The highest BCUT2D eigenvalue weighted by Gasteiger charge is 2.66. The molecular formula is C15H21N3O4. The van der Waals surface area contributed by atoms with Crippen molar-refractivity contribution in [2.24, 2.45) is 5.16 Å². The van der Waals surface area contributed by atoms with Gasteiger partial charge in [-0.05, 0) is 52.2 Å². The molecule has 3 rings (SSSR count). The molecule has 1 fully saturated rings. The van der Waals surface area contributed by atoms with Crippen LogP contribution in [0.15, 0.2) is 21.7 Å². The van der Waals surface area contributed by atoms with Crippen LogP contribution in [0.3, 0.4) is 0 Å². The highest BCUT2D eigenvalue weighted by Crippen LogP contribution is 2.42. The summed E-state index contributed by atoms with van der Waals surface area (Å²) >= 11 is 0. The molecule has 0 amide bonds. The predicted molar refractivity (Wildman–Crippen MR) is 79.3 cm³/mol. The van der Waals surface area contributed by atoms with Gasteiger partial charge in [-0.15, -0.1) is 5.06 Å². The van der Waals surface area contributed by atoms with E-state index in [0.717, 1.165) is 22.6 Å². The maximum atomic E-state index is 13.1. The number of rotatable bonds is 1. The third kappa shape index (κ3) is 1.75. The van der Waals surface area contributed by atoms with Gasteiger partial charge in [0.15, 0.2) is 5.76 Å². The molecule has 1 spiro atoms. The summed E-state index contributed by atoms with van der Waals surface area (Å²) in [5.74, 6) is 1.12. The summed E-state index contributed by atoms with van der Waals surface area (Å²) in [6.07, 6.45) is 2.49. The SMILES string of the molecule is Cc1ccc(C2=[N+]([O-])[C@@]3(CCCC/C3=N\O)N(O)C2(C)C)o1. The fourth-order valence-corrected chi connectivity index (χ4v) is 3.63. The van der Waals surface area contributed by atoms with Gasteiger partial charge in [-0.2, -0.15) is 4.74 Å². The van der Waals surface area contributed by atoms with Crippen LogP contribution in [0.4, 0.5) is 0 Å². The van der Waals surface area contributed by atoms with Crippen LogP contribution in [0.5, 0.6) is 0 Å². The number of hydroxylamine groups is 3. The molecule has 2 aliphatic rings. The Balaban J connectivity index is 2.23. The third-order valence-electron chi connectivity index (χ3n) is 4.74. The predicted octanol–water partition coefficient (Wildman–Crippen LogP) is 2.47. The Labute approximate surface area is 128 Å². The number of oxime groups is 1. The zero-order valence-corrected chi connectivity index (χ0v) is 13.0. The summed E-state index contributed by atoms with van der Waals surface area (Å²) in [5.41, 5.74) is -1.68. The topological polar surface area (TPSA) is 95.3 Å². The highest BCUT2D eigenvalue weighted by atomic mass is 16.6. The lowest BCUT2D eigenvalue weighted by Gasteiger charge is -2.38. The molecule has 1 aliphatic carbocycles. The molecule has 0 saturated heterocycles. The highest BCUT2D eigenvalue weighted by molar-refractivity contribution is 6.05. The third-order valence-corrected chi connectivity index (χ3v) is 4.74. The molecule has 1 aromatic heterocycles. The fraction of sp³-hybridized carbons (Fsp3) is 0.600. The van der Waals surface area contributed by atoms with Gasteiger partial charge in [-0.1, -0.05) is 5.16 Å². The quantitative estimate of drug-likeness (QED) is 0.360. The lowest BCUT2D eigenvalue weighted by molar-refractivity contribution is -0.569. The standard InChI is InChI=1S/C15H21N3O4/c1-10-7-8-11(22-10)13-14(2,3)18(21)15(17(13)20)9-5-4-6-12(15)16-19/h7-8,19,21H,4-6,9H2,1-3H3/b16-12+/t15-/m0/s1. The van der Waals surface area contributed by atoms with Crippen molar-refractivity contribution in [1.82, 2.24) is 5.06 Å². The Morgan fingerprint density at radius 1 is 1.36 bits per heavy atom. The van der Waals surface area contributed by atoms with Crippen LogP contribution in [0.2, 0.25) is 0 Å². The zero-order chi connectivity index (χ0) is 16.1. The molecule has 2 N–H and O–H groups in total. The summed E-state index contributed by atoms with van der Waals surface area (Å²) in [4.78, 5) is 0. The van der Waals surface area contributed by atoms with E-state index in [1.165, 1.54) is 0 Å². The smallest absolute Gasteiger partial charge is 0.294 e. The van der Waals surface area contributed by atoms with Crippen molar-refractivity contribution in [2.45, 2.75) is 57.7 Å². The van der Waals surface area contributed by atoms with Crippen LogP contribution in [-0.2, 0) is 0 Å². The van der Waals surface area contributed by atoms with E-state index >= 15 is 0 Å². The second-order valence-corrected chi connectivity index (χ2v) is 6.49. The molecule has 7 heteroatoms. The van der Waals surface area contributed by atoms with Crippen LogP contribution < -0.4 is 0 Å². The molecule has 1 aromatic rings. The van der Waals surface area contributed by atoms with E-state index in [0.29, 0.717) is 35.8 Å². The molecule has 0 unspecified atom stereocenters. The summed E-state index contributed by atoms with van der Waals surface area (Å²) in [6.45, 7) is 5.31. The van der Waals surface area contributed by atoms with Gasteiger partial charge in [0.05, 0.1) is 0 Å². The van der Waals surface area contributed by atoms with Gasteiger partial charge in [0, 0.05) is 6.42 Å². The number of furan rings is 1. The first-order valence-electron chi connectivity index (χ1n) is 7.48. The normalized spacial score (nSPS) is 30.6. The second kappa shape index (κ2) is 4.82. The lowest BCUT2D eigenvalue weighted by atomic mass is 9.86. The number of hydrogen-bond donors (Lipinski definition) is 2. The van der Waals surface area contributed by atoms with E-state index in [-0.39, 0.29) is 0 Å². The summed E-state index contributed by atoms with van der Waals surface area (Å²) in [6, 6.07) is 3.50. The molecule has 1 aliphatic heterocycles. The van der Waals surface area contributed by atoms with Gasteiger partial charge in [0.2, 0.25) is 0 Å². The first-order valence-corrected chi connectivity index (χ1v) is 7.48. The van der Waals surface area contributed by atoms with Gasteiger partial charge in [-0.25, -0.2) is 0 Å². The monoisotopic (exact) mass is 307 g/mol. The molecule has 120 valence electrons.